The molecule has 0 saturated carbocycles. The van der Waals surface area contributed by atoms with Gasteiger partial charge in [-0.05, 0) is 17.7 Å². The number of nitrogens with one attached hydrogen (secondary N) is 3. The molecule has 1 aromatic heterocycles. The van der Waals surface area contributed by atoms with Gasteiger partial charge < -0.3 is 15.2 Å². The lowest BCUT2D eigenvalue weighted by molar-refractivity contribution is -0.860. The highest BCUT2D eigenvalue weighted by molar-refractivity contribution is 5.98. The van der Waals surface area contributed by atoms with Crippen molar-refractivity contribution < 1.29 is 9.69 Å². The Morgan fingerprint density at radius 1 is 1.09 bits per heavy atom. The Balaban J connectivity index is 1.82. The summed E-state index contributed by atoms with van der Waals surface area (Å²) in [6, 6.07) is 19.9. The van der Waals surface area contributed by atoms with Crippen LogP contribution >= 0.6 is 0 Å². The molecule has 3 N–H and O–H groups in total. The molecule has 0 aliphatic carbocycles. The van der Waals surface area contributed by atoms with Gasteiger partial charge in [0.05, 0.1) is 14.1 Å². The van der Waals surface area contributed by atoms with Crippen LogP contribution < -0.4 is 10.2 Å². The van der Waals surface area contributed by atoms with E-state index in [4.69, 9.17) is 0 Å². The number of rotatable bonds is 5. The minimum Gasteiger partial charge on any atom is -0.351 e. The first-order valence-electron chi connectivity index (χ1n) is 7.86. The molecule has 2 aromatic carbocycles. The zero-order valence-corrected chi connectivity index (χ0v) is 13.5. The van der Waals surface area contributed by atoms with Crippen LogP contribution in [0.15, 0.2) is 60.7 Å². The minimum atomic E-state index is -0.0729. The largest absolute Gasteiger partial charge is 0.351 e. The lowest BCUT2D eigenvalue weighted by Crippen LogP contribution is -3.06. The monoisotopic (exact) mass is 308 g/mol. The van der Waals surface area contributed by atoms with E-state index >= 15 is 0 Å². The molecule has 0 bridgehead atoms. The van der Waals surface area contributed by atoms with Crippen molar-refractivity contribution in [3.63, 3.8) is 0 Å². The molecule has 118 valence electrons. The number of H-pyrrole nitrogens is 1. The number of hydrogen-bond donors (Lipinski definition) is 3. The third-order valence-electron chi connectivity index (χ3n) is 3.89. The van der Waals surface area contributed by atoms with Crippen molar-refractivity contribution in [3.8, 4) is 0 Å². The van der Waals surface area contributed by atoms with Crippen LogP contribution in [-0.2, 0) is 0 Å². The van der Waals surface area contributed by atoms with Gasteiger partial charge in [0.15, 0.2) is 0 Å². The maximum atomic E-state index is 12.6. The Labute approximate surface area is 136 Å². The van der Waals surface area contributed by atoms with E-state index in [1.165, 1.54) is 4.90 Å². The lowest BCUT2D eigenvalue weighted by Gasteiger charge is -2.20. The Hall–Kier alpha value is -2.59. The Kier molecular flexibility index (Phi) is 4.44. The van der Waals surface area contributed by atoms with Gasteiger partial charge in [0.25, 0.3) is 5.91 Å². The molecule has 0 spiro atoms. The third-order valence-corrected chi connectivity index (χ3v) is 3.89. The van der Waals surface area contributed by atoms with Crippen molar-refractivity contribution in [3.05, 3.63) is 71.9 Å². The van der Waals surface area contributed by atoms with Crippen LogP contribution in [0.25, 0.3) is 10.9 Å². The van der Waals surface area contributed by atoms with Crippen molar-refractivity contribution in [2.75, 3.05) is 20.6 Å². The van der Waals surface area contributed by atoms with Crippen LogP contribution in [0.1, 0.15) is 22.1 Å². The first-order chi connectivity index (χ1) is 11.1. The fourth-order valence-electron chi connectivity index (χ4n) is 2.78. The maximum absolute atomic E-state index is 12.6. The summed E-state index contributed by atoms with van der Waals surface area (Å²) < 4.78 is 0. The van der Waals surface area contributed by atoms with Crippen LogP contribution in [0.3, 0.4) is 0 Å². The summed E-state index contributed by atoms with van der Waals surface area (Å²) in [6.07, 6.45) is 0. The Morgan fingerprint density at radius 3 is 2.48 bits per heavy atom. The molecule has 1 heterocycles. The summed E-state index contributed by atoms with van der Waals surface area (Å²) in [5.41, 5.74) is 2.70. The van der Waals surface area contributed by atoms with Gasteiger partial charge in [0.2, 0.25) is 0 Å². The number of para-hydroxylation sites is 1. The molecule has 0 fully saturated rings. The predicted octanol–water partition coefficient (Wildman–Crippen LogP) is 1.78. The van der Waals surface area contributed by atoms with Gasteiger partial charge in [-0.2, -0.15) is 0 Å². The van der Waals surface area contributed by atoms with Crippen LogP contribution in [-0.4, -0.2) is 31.5 Å². The van der Waals surface area contributed by atoms with Gasteiger partial charge in [-0.1, -0.05) is 48.5 Å². The number of amides is 1. The SMILES string of the molecule is C[NH+](C)C[C@H](NC(=O)c1cc2ccccc2[nH]1)c1ccccc1. The first-order valence-corrected chi connectivity index (χ1v) is 7.86. The minimum absolute atomic E-state index is 0.0138. The molecular formula is C19H22N3O+. The molecule has 23 heavy (non-hydrogen) atoms. The van der Waals surface area contributed by atoms with Crippen LogP contribution in [0, 0.1) is 0 Å². The van der Waals surface area contributed by atoms with Crippen LogP contribution in [0.4, 0.5) is 0 Å². The second-order valence-corrected chi connectivity index (χ2v) is 6.12. The van der Waals surface area contributed by atoms with Gasteiger partial charge in [0.1, 0.15) is 18.3 Å². The summed E-state index contributed by atoms with van der Waals surface area (Å²) in [7, 11) is 4.18. The molecule has 0 aliphatic rings. The van der Waals surface area contributed by atoms with Gasteiger partial charge in [-0.3, -0.25) is 4.79 Å². The number of carbonyl (C=O) groups is 1. The fraction of sp³-hybridized carbons (Fsp3) is 0.211. The van der Waals surface area contributed by atoms with Gasteiger partial charge in [0, 0.05) is 10.9 Å². The highest BCUT2D eigenvalue weighted by Gasteiger charge is 2.19. The number of hydrogen-bond acceptors (Lipinski definition) is 1. The van der Waals surface area contributed by atoms with E-state index in [2.05, 4.69) is 36.5 Å². The Morgan fingerprint density at radius 2 is 1.78 bits per heavy atom. The predicted molar refractivity (Wildman–Crippen MR) is 92.6 cm³/mol. The number of aromatic amines is 1. The highest BCUT2D eigenvalue weighted by atomic mass is 16.1. The average Bonchev–Trinajstić information content (AvgIpc) is 2.99. The summed E-state index contributed by atoms with van der Waals surface area (Å²) in [4.78, 5) is 17.1. The molecule has 3 aromatic rings. The maximum Gasteiger partial charge on any atom is 0.268 e. The van der Waals surface area contributed by atoms with Crippen LogP contribution in [0.2, 0.25) is 0 Å². The fourth-order valence-corrected chi connectivity index (χ4v) is 2.78. The molecule has 0 radical (unpaired) electrons. The number of quaternary nitrogens is 1. The van der Waals surface area contributed by atoms with Crippen molar-refractivity contribution >= 4 is 16.8 Å². The molecule has 1 amide bonds. The van der Waals surface area contributed by atoms with Gasteiger partial charge in [-0.25, -0.2) is 0 Å². The topological polar surface area (TPSA) is 49.3 Å². The van der Waals surface area contributed by atoms with E-state index in [-0.39, 0.29) is 11.9 Å². The molecule has 4 nitrogen and oxygen atoms in total. The second kappa shape index (κ2) is 6.67. The summed E-state index contributed by atoms with van der Waals surface area (Å²) >= 11 is 0. The number of aromatic nitrogens is 1. The molecule has 0 saturated heterocycles. The van der Waals surface area contributed by atoms with E-state index in [1.807, 2.05) is 48.5 Å². The quantitative estimate of drug-likeness (QED) is 0.661. The zero-order valence-electron chi connectivity index (χ0n) is 13.5. The van der Waals surface area contributed by atoms with E-state index in [1.54, 1.807) is 0 Å². The third kappa shape index (κ3) is 3.60. The van der Waals surface area contributed by atoms with E-state index in [0.29, 0.717) is 5.69 Å². The standard InChI is InChI=1S/C19H21N3O/c1-22(2)13-18(14-8-4-3-5-9-14)21-19(23)17-12-15-10-6-7-11-16(15)20-17/h3-12,18,20H,13H2,1-2H3,(H,21,23)/p+1/t18-/m0/s1. The number of likely N-dealkylation sites (N-methyl/N-ethyl adjacent to an activating group) is 1. The smallest absolute Gasteiger partial charge is 0.268 e. The van der Waals surface area contributed by atoms with Gasteiger partial charge in [-0.15, -0.1) is 0 Å². The van der Waals surface area contributed by atoms with Crippen molar-refractivity contribution in [1.29, 1.82) is 0 Å². The number of carbonyl (C=O) groups excluding carboxylic acids is 1. The summed E-state index contributed by atoms with van der Waals surface area (Å²) in [5, 5.41) is 4.20. The van der Waals surface area contributed by atoms with Crippen molar-refractivity contribution in [1.82, 2.24) is 10.3 Å². The normalized spacial score (nSPS) is 12.5. The molecule has 3 rings (SSSR count). The molecule has 1 atom stereocenters. The zero-order chi connectivity index (χ0) is 16.2. The summed E-state index contributed by atoms with van der Waals surface area (Å²) in [6.45, 7) is 0.829. The number of fused-ring (bicyclic) bond motifs is 1. The van der Waals surface area contributed by atoms with Crippen molar-refractivity contribution in [2.45, 2.75) is 6.04 Å². The lowest BCUT2D eigenvalue weighted by atomic mass is 10.1. The second-order valence-electron chi connectivity index (χ2n) is 6.12. The highest BCUT2D eigenvalue weighted by Crippen LogP contribution is 2.16. The van der Waals surface area contributed by atoms with Crippen LogP contribution in [0.5, 0.6) is 0 Å². The molecular weight excluding hydrogens is 286 g/mol. The van der Waals surface area contributed by atoms with E-state index < -0.39 is 0 Å². The molecule has 0 unspecified atom stereocenters. The van der Waals surface area contributed by atoms with E-state index in [0.717, 1.165) is 23.0 Å². The number of benzene rings is 2. The first kappa shape index (κ1) is 15.3. The molecule has 0 aliphatic heterocycles. The summed E-state index contributed by atoms with van der Waals surface area (Å²) in [5.74, 6) is -0.0729. The van der Waals surface area contributed by atoms with Gasteiger partial charge >= 0.3 is 0 Å². The van der Waals surface area contributed by atoms with Crippen molar-refractivity contribution in [2.24, 2.45) is 0 Å². The molecule has 4 heteroatoms. The van der Waals surface area contributed by atoms with E-state index in [9.17, 15) is 4.79 Å². The average molecular weight is 308 g/mol. The Bertz CT molecular complexity index is 759.